The largest absolute Gasteiger partial charge is 0.305 e. The van der Waals surface area contributed by atoms with Crippen LogP contribution in [0.2, 0.25) is 0 Å². The third-order valence-electron chi connectivity index (χ3n) is 3.07. The van der Waals surface area contributed by atoms with Gasteiger partial charge in [-0.15, -0.1) is 0 Å². The molecule has 84 valence electrons. The number of hydrogen-bond acceptors (Lipinski definition) is 3. The van der Waals surface area contributed by atoms with Crippen molar-refractivity contribution in [2.45, 2.75) is 13.0 Å². The maximum Gasteiger partial charge on any atom is 0.177 e. The van der Waals surface area contributed by atoms with Crippen LogP contribution in [0.3, 0.4) is 0 Å². The van der Waals surface area contributed by atoms with E-state index in [9.17, 15) is 4.79 Å². The first-order valence-electron chi connectivity index (χ1n) is 5.60. The van der Waals surface area contributed by atoms with E-state index in [1.165, 1.54) is 5.56 Å². The van der Waals surface area contributed by atoms with Gasteiger partial charge in [0.1, 0.15) is 0 Å². The number of Topliss-reactive ketones (excluding diaryl/α,β-unsaturated/α-hetero) is 1. The summed E-state index contributed by atoms with van der Waals surface area (Å²) < 4.78 is 0. The van der Waals surface area contributed by atoms with Crippen molar-refractivity contribution in [3.8, 4) is 0 Å². The molecule has 0 saturated carbocycles. The molecular weight excluding hydrogens is 200 g/mol. The molecule has 0 radical (unpaired) electrons. The normalized spacial score (nSPS) is 20.9. The monoisotopic (exact) mass is 216 g/mol. The Morgan fingerprint density at radius 2 is 2.19 bits per heavy atom. The maximum atomic E-state index is 11.3. The van der Waals surface area contributed by atoms with Gasteiger partial charge in [-0.3, -0.25) is 9.69 Å². The number of carbonyl (C=O) groups is 1. The van der Waals surface area contributed by atoms with Gasteiger partial charge in [0, 0.05) is 19.0 Å². The minimum Gasteiger partial charge on any atom is -0.305 e. The standard InChI is InChI=1S/C13H16N2O/c14-8-13(16)12-6-7-15(10-12)9-11-4-2-1-3-5-11/h1-5,8,12,14H,6-7,9-10H2. The van der Waals surface area contributed by atoms with Gasteiger partial charge >= 0.3 is 0 Å². The Hall–Kier alpha value is -1.48. The molecule has 1 heterocycles. The molecule has 1 fully saturated rings. The molecule has 1 aromatic rings. The Labute approximate surface area is 95.6 Å². The molecule has 3 heteroatoms. The molecule has 1 N–H and O–H groups in total. The summed E-state index contributed by atoms with van der Waals surface area (Å²) in [5, 5.41) is 6.97. The minimum absolute atomic E-state index is 0.0319. The fourth-order valence-corrected chi connectivity index (χ4v) is 2.17. The zero-order valence-electron chi connectivity index (χ0n) is 9.23. The Bertz CT molecular complexity index is 375. The van der Waals surface area contributed by atoms with Crippen molar-refractivity contribution in [1.82, 2.24) is 4.90 Å². The van der Waals surface area contributed by atoms with Crippen molar-refractivity contribution in [3.63, 3.8) is 0 Å². The highest BCUT2D eigenvalue weighted by Crippen LogP contribution is 2.18. The molecule has 0 bridgehead atoms. The molecule has 1 atom stereocenters. The number of carbonyl (C=O) groups excluding carboxylic acids is 1. The van der Waals surface area contributed by atoms with E-state index < -0.39 is 0 Å². The molecule has 2 rings (SSSR count). The minimum atomic E-state index is -0.0319. The first-order chi connectivity index (χ1) is 7.79. The number of likely N-dealkylation sites (tertiary alicyclic amines) is 1. The Kier molecular flexibility index (Phi) is 3.47. The highest BCUT2D eigenvalue weighted by molar-refractivity contribution is 6.27. The average Bonchev–Trinajstić information content (AvgIpc) is 2.78. The van der Waals surface area contributed by atoms with Gasteiger partial charge in [-0.1, -0.05) is 30.3 Å². The Morgan fingerprint density at radius 1 is 1.44 bits per heavy atom. The summed E-state index contributed by atoms with van der Waals surface area (Å²) in [5.41, 5.74) is 1.28. The molecule has 16 heavy (non-hydrogen) atoms. The van der Waals surface area contributed by atoms with Crippen LogP contribution in [0.4, 0.5) is 0 Å². The second-order valence-electron chi connectivity index (χ2n) is 4.25. The summed E-state index contributed by atoms with van der Waals surface area (Å²) >= 11 is 0. The molecule has 0 amide bonds. The van der Waals surface area contributed by atoms with E-state index in [-0.39, 0.29) is 11.7 Å². The Morgan fingerprint density at radius 3 is 2.88 bits per heavy atom. The molecule has 3 nitrogen and oxygen atoms in total. The predicted octanol–water partition coefficient (Wildman–Crippen LogP) is 1.73. The van der Waals surface area contributed by atoms with E-state index >= 15 is 0 Å². The smallest absolute Gasteiger partial charge is 0.177 e. The van der Waals surface area contributed by atoms with Crippen LogP contribution in [0, 0.1) is 11.3 Å². The molecule has 1 unspecified atom stereocenters. The summed E-state index contributed by atoms with van der Waals surface area (Å²) in [7, 11) is 0. The third kappa shape index (κ3) is 2.55. The molecule has 1 saturated heterocycles. The van der Waals surface area contributed by atoms with Crippen molar-refractivity contribution in [1.29, 1.82) is 5.41 Å². The lowest BCUT2D eigenvalue weighted by Gasteiger charge is -2.15. The van der Waals surface area contributed by atoms with Crippen molar-refractivity contribution >= 4 is 12.0 Å². The predicted molar refractivity (Wildman–Crippen MR) is 63.6 cm³/mol. The number of nitrogens with one attached hydrogen (secondary N) is 1. The van der Waals surface area contributed by atoms with Gasteiger partial charge in [-0.2, -0.15) is 0 Å². The number of nitrogens with zero attached hydrogens (tertiary/aromatic N) is 1. The molecule has 0 aromatic heterocycles. The highest BCUT2D eigenvalue weighted by Gasteiger charge is 2.26. The number of hydrogen-bond donors (Lipinski definition) is 1. The highest BCUT2D eigenvalue weighted by atomic mass is 16.1. The van der Waals surface area contributed by atoms with Gasteiger partial charge in [0.25, 0.3) is 0 Å². The SMILES string of the molecule is N=CC(=O)C1CCN(Cc2ccccc2)C1. The summed E-state index contributed by atoms with van der Waals surface area (Å²) in [6.07, 6.45) is 1.84. The van der Waals surface area contributed by atoms with Crippen molar-refractivity contribution in [2.24, 2.45) is 5.92 Å². The molecule has 1 aliphatic heterocycles. The van der Waals surface area contributed by atoms with Crippen LogP contribution < -0.4 is 0 Å². The van der Waals surface area contributed by atoms with Crippen LogP contribution in [-0.4, -0.2) is 30.0 Å². The van der Waals surface area contributed by atoms with E-state index in [1.54, 1.807) is 0 Å². The number of ketones is 1. The third-order valence-corrected chi connectivity index (χ3v) is 3.07. The molecule has 1 aliphatic rings. The summed E-state index contributed by atoms with van der Waals surface area (Å²) in [6, 6.07) is 10.3. The van der Waals surface area contributed by atoms with E-state index in [1.807, 2.05) is 18.2 Å². The van der Waals surface area contributed by atoms with E-state index in [0.29, 0.717) is 0 Å². The van der Waals surface area contributed by atoms with Crippen molar-refractivity contribution in [2.75, 3.05) is 13.1 Å². The van der Waals surface area contributed by atoms with Gasteiger partial charge in [-0.25, -0.2) is 0 Å². The van der Waals surface area contributed by atoms with Crippen molar-refractivity contribution < 1.29 is 4.79 Å². The second kappa shape index (κ2) is 5.03. The van der Waals surface area contributed by atoms with Crippen LogP contribution in [0.15, 0.2) is 30.3 Å². The summed E-state index contributed by atoms with van der Waals surface area (Å²) in [5.74, 6) is 0.0109. The van der Waals surface area contributed by atoms with E-state index in [4.69, 9.17) is 5.41 Å². The average molecular weight is 216 g/mol. The van der Waals surface area contributed by atoms with Crippen LogP contribution in [0.5, 0.6) is 0 Å². The molecule has 1 aromatic carbocycles. The fraction of sp³-hybridized carbons (Fsp3) is 0.385. The van der Waals surface area contributed by atoms with Gasteiger partial charge < -0.3 is 5.41 Å². The van der Waals surface area contributed by atoms with Crippen molar-refractivity contribution in [3.05, 3.63) is 35.9 Å². The lowest BCUT2D eigenvalue weighted by molar-refractivity contribution is -0.115. The van der Waals surface area contributed by atoms with Crippen LogP contribution in [0.1, 0.15) is 12.0 Å². The lowest BCUT2D eigenvalue weighted by atomic mass is 10.0. The molecule has 0 spiro atoms. The van der Waals surface area contributed by atoms with Crippen LogP contribution in [-0.2, 0) is 11.3 Å². The van der Waals surface area contributed by atoms with Crippen LogP contribution in [0.25, 0.3) is 0 Å². The maximum absolute atomic E-state index is 11.3. The van der Waals surface area contributed by atoms with E-state index in [2.05, 4.69) is 17.0 Å². The van der Waals surface area contributed by atoms with Gasteiger partial charge in [0.15, 0.2) is 5.78 Å². The first-order valence-corrected chi connectivity index (χ1v) is 5.60. The topological polar surface area (TPSA) is 44.2 Å². The first kappa shape index (κ1) is 11.0. The molecule has 0 aliphatic carbocycles. The molecular formula is C13H16N2O. The summed E-state index contributed by atoms with van der Waals surface area (Å²) in [6.45, 7) is 2.66. The quantitative estimate of drug-likeness (QED) is 0.779. The van der Waals surface area contributed by atoms with Gasteiger partial charge in [0.05, 0.1) is 6.21 Å². The van der Waals surface area contributed by atoms with Gasteiger partial charge in [0.2, 0.25) is 0 Å². The van der Waals surface area contributed by atoms with E-state index in [0.717, 1.165) is 32.3 Å². The zero-order valence-corrected chi connectivity index (χ0v) is 9.23. The number of benzene rings is 1. The Balaban J connectivity index is 1.90. The van der Waals surface area contributed by atoms with Crippen LogP contribution >= 0.6 is 0 Å². The van der Waals surface area contributed by atoms with Gasteiger partial charge in [-0.05, 0) is 18.5 Å². The zero-order chi connectivity index (χ0) is 11.4. The lowest BCUT2D eigenvalue weighted by Crippen LogP contribution is -2.23. The summed E-state index contributed by atoms with van der Waals surface area (Å²) in [4.78, 5) is 13.6. The second-order valence-corrected chi connectivity index (χ2v) is 4.25. The fourth-order valence-electron chi connectivity index (χ4n) is 2.17. The number of rotatable bonds is 4.